The van der Waals surface area contributed by atoms with Gasteiger partial charge in [-0.3, -0.25) is 14.3 Å². The molecular formula is C20H25N3O3. The van der Waals surface area contributed by atoms with Gasteiger partial charge in [-0.25, -0.2) is 0 Å². The van der Waals surface area contributed by atoms with Crippen molar-refractivity contribution in [2.45, 2.75) is 38.5 Å². The van der Waals surface area contributed by atoms with Gasteiger partial charge in [0.05, 0.1) is 12.1 Å². The van der Waals surface area contributed by atoms with E-state index in [0.717, 1.165) is 29.8 Å². The van der Waals surface area contributed by atoms with E-state index in [9.17, 15) is 9.59 Å². The van der Waals surface area contributed by atoms with Crippen LogP contribution in [0.2, 0.25) is 0 Å². The third kappa shape index (κ3) is 3.95. The number of hydrogen-bond donors (Lipinski definition) is 1. The van der Waals surface area contributed by atoms with Crippen LogP contribution in [0, 0.1) is 13.8 Å². The zero-order valence-electron chi connectivity index (χ0n) is 15.5. The second kappa shape index (κ2) is 7.32. The van der Waals surface area contributed by atoms with Crippen molar-refractivity contribution in [3.05, 3.63) is 52.8 Å². The van der Waals surface area contributed by atoms with E-state index < -0.39 is 5.97 Å². The Morgan fingerprint density at radius 2 is 1.92 bits per heavy atom. The first-order chi connectivity index (χ1) is 12.4. The molecular weight excluding hydrogens is 330 g/mol. The molecule has 138 valence electrons. The van der Waals surface area contributed by atoms with Crippen LogP contribution in [0.1, 0.15) is 35.4 Å². The highest BCUT2D eigenvalue weighted by Crippen LogP contribution is 2.47. The molecule has 1 aliphatic carbocycles. The largest absolute Gasteiger partial charge is 0.455 e. The number of aryl methyl sites for hydroxylation is 2. The predicted octanol–water partition coefficient (Wildman–Crippen LogP) is 1.97. The van der Waals surface area contributed by atoms with Crippen LogP contribution in [0.25, 0.3) is 0 Å². The Kier molecular flexibility index (Phi) is 5.11. The van der Waals surface area contributed by atoms with Crippen molar-refractivity contribution in [2.75, 3.05) is 13.2 Å². The number of nitrogens with zero attached hydrogens (tertiary/aromatic N) is 2. The summed E-state index contributed by atoms with van der Waals surface area (Å²) in [4.78, 5) is 24.1. The Labute approximate surface area is 153 Å². The van der Waals surface area contributed by atoms with E-state index in [1.807, 2.05) is 39.1 Å². The van der Waals surface area contributed by atoms with E-state index in [4.69, 9.17) is 4.74 Å². The lowest BCUT2D eigenvalue weighted by atomic mass is 9.96. The molecule has 0 radical (unpaired) electrons. The van der Waals surface area contributed by atoms with Gasteiger partial charge in [-0.05, 0) is 32.3 Å². The van der Waals surface area contributed by atoms with Crippen molar-refractivity contribution in [1.82, 2.24) is 15.1 Å². The lowest BCUT2D eigenvalue weighted by Gasteiger charge is -2.16. The van der Waals surface area contributed by atoms with Gasteiger partial charge in [0.15, 0.2) is 6.61 Å². The Balaban J connectivity index is 1.45. The van der Waals surface area contributed by atoms with Crippen LogP contribution in [-0.2, 0) is 33.2 Å². The lowest BCUT2D eigenvalue weighted by Crippen LogP contribution is -2.35. The summed E-state index contributed by atoms with van der Waals surface area (Å²) in [5.41, 5.74) is 3.90. The number of carbonyl (C=O) groups excluding carboxylic acids is 2. The number of hydrogen-bond acceptors (Lipinski definition) is 4. The van der Waals surface area contributed by atoms with Crippen LogP contribution in [0.3, 0.4) is 0 Å². The topological polar surface area (TPSA) is 73.2 Å². The summed E-state index contributed by atoms with van der Waals surface area (Å²) in [5.74, 6) is -0.677. The second-order valence-corrected chi connectivity index (χ2v) is 7.03. The van der Waals surface area contributed by atoms with E-state index >= 15 is 0 Å². The third-order valence-corrected chi connectivity index (χ3v) is 5.21. The normalized spacial score (nSPS) is 14.7. The molecule has 0 aliphatic heterocycles. The third-order valence-electron chi connectivity index (χ3n) is 5.21. The van der Waals surface area contributed by atoms with E-state index in [1.165, 1.54) is 5.56 Å². The summed E-state index contributed by atoms with van der Waals surface area (Å²) in [7, 11) is 1.84. The number of carbonyl (C=O) groups is 2. The Morgan fingerprint density at radius 3 is 2.50 bits per heavy atom. The summed E-state index contributed by atoms with van der Waals surface area (Å²) in [6, 6.07) is 10.2. The molecule has 1 heterocycles. The van der Waals surface area contributed by atoms with Crippen molar-refractivity contribution in [3.8, 4) is 0 Å². The van der Waals surface area contributed by atoms with E-state index in [-0.39, 0.29) is 24.3 Å². The van der Waals surface area contributed by atoms with Crippen molar-refractivity contribution < 1.29 is 14.3 Å². The zero-order chi connectivity index (χ0) is 18.7. The van der Waals surface area contributed by atoms with Crippen LogP contribution < -0.4 is 5.32 Å². The molecule has 1 N–H and O–H groups in total. The maximum absolute atomic E-state index is 12.0. The lowest BCUT2D eigenvalue weighted by molar-refractivity contribution is -0.147. The van der Waals surface area contributed by atoms with E-state index in [0.29, 0.717) is 6.54 Å². The van der Waals surface area contributed by atoms with E-state index in [2.05, 4.69) is 22.5 Å². The summed E-state index contributed by atoms with van der Waals surface area (Å²) < 4.78 is 6.87. The first-order valence-electron chi connectivity index (χ1n) is 8.88. The molecule has 1 saturated carbocycles. The fourth-order valence-corrected chi connectivity index (χ4v) is 3.24. The molecule has 0 spiro atoms. The molecule has 1 fully saturated rings. The molecule has 2 aromatic rings. The van der Waals surface area contributed by atoms with Gasteiger partial charge in [-0.1, -0.05) is 30.3 Å². The molecule has 0 unspecified atom stereocenters. The highest BCUT2D eigenvalue weighted by atomic mass is 16.5. The standard InChI is InChI=1S/C20H25N3O3/c1-14-17(15(2)23(3)22-14)11-19(25)26-12-18(24)21-13-20(9-10-20)16-7-5-4-6-8-16/h4-8H,9-13H2,1-3H3,(H,21,24). The predicted molar refractivity (Wildman–Crippen MR) is 97.7 cm³/mol. The van der Waals surface area contributed by atoms with Crippen LogP contribution in [0.5, 0.6) is 0 Å². The first kappa shape index (κ1) is 18.2. The SMILES string of the molecule is Cc1nn(C)c(C)c1CC(=O)OCC(=O)NCC1(c2ccccc2)CC1. The molecule has 6 heteroatoms. The van der Waals surface area contributed by atoms with Crippen LogP contribution in [-0.4, -0.2) is 34.8 Å². The number of esters is 1. The zero-order valence-corrected chi connectivity index (χ0v) is 15.5. The van der Waals surface area contributed by atoms with Crippen LogP contribution in [0.15, 0.2) is 30.3 Å². The summed E-state index contributed by atoms with van der Waals surface area (Å²) >= 11 is 0. The van der Waals surface area contributed by atoms with Gasteiger partial charge in [0.1, 0.15) is 0 Å². The maximum Gasteiger partial charge on any atom is 0.310 e. The highest BCUT2D eigenvalue weighted by Gasteiger charge is 2.44. The average molecular weight is 355 g/mol. The molecule has 0 atom stereocenters. The number of aromatic nitrogens is 2. The number of ether oxygens (including phenoxy) is 1. The number of nitrogens with one attached hydrogen (secondary N) is 1. The smallest absolute Gasteiger partial charge is 0.310 e. The maximum atomic E-state index is 12.0. The average Bonchev–Trinajstić information content (AvgIpc) is 3.39. The molecule has 3 rings (SSSR count). The Hall–Kier alpha value is -2.63. The minimum absolute atomic E-state index is 0.0465. The quantitative estimate of drug-likeness (QED) is 0.771. The second-order valence-electron chi connectivity index (χ2n) is 7.03. The van der Waals surface area contributed by atoms with Gasteiger partial charge in [-0.2, -0.15) is 5.10 Å². The minimum atomic E-state index is -0.413. The van der Waals surface area contributed by atoms with Crippen LogP contribution in [0.4, 0.5) is 0 Å². The van der Waals surface area contributed by atoms with Crippen molar-refractivity contribution >= 4 is 11.9 Å². The molecule has 1 aliphatic rings. The van der Waals surface area contributed by atoms with Gasteiger partial charge >= 0.3 is 5.97 Å². The fraction of sp³-hybridized carbons (Fsp3) is 0.450. The van der Waals surface area contributed by atoms with Crippen LogP contribution >= 0.6 is 0 Å². The monoisotopic (exact) mass is 355 g/mol. The van der Waals surface area contributed by atoms with Gasteiger partial charge in [0.25, 0.3) is 5.91 Å². The molecule has 6 nitrogen and oxygen atoms in total. The summed E-state index contributed by atoms with van der Waals surface area (Å²) in [6.45, 7) is 4.10. The number of rotatable bonds is 7. The minimum Gasteiger partial charge on any atom is -0.455 e. The molecule has 0 bridgehead atoms. The van der Waals surface area contributed by atoms with Gasteiger partial charge < -0.3 is 10.1 Å². The van der Waals surface area contributed by atoms with Crippen molar-refractivity contribution in [2.24, 2.45) is 7.05 Å². The molecule has 1 aromatic heterocycles. The molecule has 1 amide bonds. The molecule has 0 saturated heterocycles. The Morgan fingerprint density at radius 1 is 1.23 bits per heavy atom. The fourth-order valence-electron chi connectivity index (χ4n) is 3.24. The Bertz CT molecular complexity index is 807. The first-order valence-corrected chi connectivity index (χ1v) is 8.88. The van der Waals surface area contributed by atoms with Crippen molar-refractivity contribution in [3.63, 3.8) is 0 Å². The van der Waals surface area contributed by atoms with Gasteiger partial charge in [0.2, 0.25) is 0 Å². The van der Waals surface area contributed by atoms with Gasteiger partial charge in [-0.15, -0.1) is 0 Å². The highest BCUT2D eigenvalue weighted by molar-refractivity contribution is 5.81. The van der Waals surface area contributed by atoms with E-state index in [1.54, 1.807) is 4.68 Å². The van der Waals surface area contributed by atoms with Crippen molar-refractivity contribution in [1.29, 1.82) is 0 Å². The number of benzene rings is 1. The molecule has 26 heavy (non-hydrogen) atoms. The molecule has 1 aromatic carbocycles. The summed E-state index contributed by atoms with van der Waals surface area (Å²) in [6.07, 6.45) is 2.26. The number of amides is 1. The van der Waals surface area contributed by atoms with Gasteiger partial charge in [0, 0.05) is 30.3 Å². The summed E-state index contributed by atoms with van der Waals surface area (Å²) in [5, 5.41) is 7.18.